The zero-order chi connectivity index (χ0) is 19.3. The summed E-state index contributed by atoms with van der Waals surface area (Å²) in [5.41, 5.74) is 2.19. The number of halogens is 1. The Labute approximate surface area is 169 Å². The van der Waals surface area contributed by atoms with E-state index in [9.17, 15) is 0 Å². The van der Waals surface area contributed by atoms with E-state index >= 15 is 0 Å². The number of aromatic nitrogens is 2. The predicted molar refractivity (Wildman–Crippen MR) is 108 cm³/mol. The Hall–Kier alpha value is -2.41. The zero-order valence-corrected chi connectivity index (χ0v) is 16.6. The van der Waals surface area contributed by atoms with Gasteiger partial charge in [0.2, 0.25) is 11.8 Å². The van der Waals surface area contributed by atoms with Gasteiger partial charge in [-0.2, -0.15) is 0 Å². The highest BCUT2D eigenvalue weighted by Crippen LogP contribution is 2.22. The molecule has 0 N–H and O–H groups in total. The van der Waals surface area contributed by atoms with Gasteiger partial charge in [-0.15, -0.1) is 10.2 Å². The van der Waals surface area contributed by atoms with Crippen LogP contribution < -0.4 is 4.74 Å². The summed E-state index contributed by atoms with van der Waals surface area (Å²) >= 11 is 5.96. The number of benzene rings is 2. The number of nitrogens with zero attached hydrogens (tertiary/aromatic N) is 4. The highest BCUT2D eigenvalue weighted by Gasteiger charge is 2.19. The minimum Gasteiger partial charge on any atom is -0.497 e. The van der Waals surface area contributed by atoms with Crippen molar-refractivity contribution in [2.24, 2.45) is 0 Å². The summed E-state index contributed by atoms with van der Waals surface area (Å²) < 4.78 is 11.0. The molecule has 1 aliphatic rings. The van der Waals surface area contributed by atoms with Gasteiger partial charge in [0.25, 0.3) is 0 Å². The molecule has 2 heterocycles. The first kappa shape index (κ1) is 18.9. The number of hydrogen-bond donors (Lipinski definition) is 0. The number of methoxy groups -OCH3 is 1. The number of piperazine rings is 1. The summed E-state index contributed by atoms with van der Waals surface area (Å²) in [4.78, 5) is 4.81. The van der Waals surface area contributed by atoms with Gasteiger partial charge in [-0.05, 0) is 42.0 Å². The fraction of sp³-hybridized carbons (Fsp3) is 0.333. The third-order valence-electron chi connectivity index (χ3n) is 4.95. The average Bonchev–Trinajstić information content (AvgIpc) is 3.20. The quantitative estimate of drug-likeness (QED) is 0.630. The van der Waals surface area contributed by atoms with E-state index in [-0.39, 0.29) is 0 Å². The molecule has 1 fully saturated rings. The Balaban J connectivity index is 1.29. The van der Waals surface area contributed by atoms with E-state index in [0.29, 0.717) is 18.3 Å². The van der Waals surface area contributed by atoms with Crippen molar-refractivity contribution in [1.82, 2.24) is 20.0 Å². The predicted octanol–water partition coefficient (Wildman–Crippen LogP) is 3.72. The molecule has 0 amide bonds. The van der Waals surface area contributed by atoms with Crippen molar-refractivity contribution in [1.29, 1.82) is 0 Å². The molecule has 7 heteroatoms. The molecule has 2 aromatic carbocycles. The van der Waals surface area contributed by atoms with Crippen molar-refractivity contribution in [2.45, 2.75) is 13.1 Å². The molecule has 0 radical (unpaired) electrons. The number of rotatable bonds is 6. The lowest BCUT2D eigenvalue weighted by molar-refractivity contribution is 0.114. The Morgan fingerprint density at radius 1 is 0.893 bits per heavy atom. The monoisotopic (exact) mass is 398 g/mol. The highest BCUT2D eigenvalue weighted by molar-refractivity contribution is 6.30. The van der Waals surface area contributed by atoms with Crippen molar-refractivity contribution in [3.63, 3.8) is 0 Å². The third kappa shape index (κ3) is 4.70. The first-order valence-electron chi connectivity index (χ1n) is 9.35. The van der Waals surface area contributed by atoms with Gasteiger partial charge in [0.05, 0.1) is 13.7 Å². The lowest BCUT2D eigenvalue weighted by Gasteiger charge is -2.33. The van der Waals surface area contributed by atoms with Crippen LogP contribution in [0.1, 0.15) is 11.5 Å². The van der Waals surface area contributed by atoms with Crippen molar-refractivity contribution < 1.29 is 9.15 Å². The van der Waals surface area contributed by atoms with Gasteiger partial charge in [0.1, 0.15) is 5.75 Å². The molecule has 1 aromatic heterocycles. The lowest BCUT2D eigenvalue weighted by Crippen LogP contribution is -2.45. The van der Waals surface area contributed by atoms with Crippen LogP contribution in [-0.4, -0.2) is 53.3 Å². The summed E-state index contributed by atoms with van der Waals surface area (Å²) in [5.74, 6) is 2.00. The average molecular weight is 399 g/mol. The van der Waals surface area contributed by atoms with E-state index in [2.05, 4.69) is 32.1 Å². The van der Waals surface area contributed by atoms with Gasteiger partial charge in [0.15, 0.2) is 0 Å². The van der Waals surface area contributed by atoms with Crippen LogP contribution in [0.4, 0.5) is 0 Å². The van der Waals surface area contributed by atoms with E-state index in [1.165, 1.54) is 5.56 Å². The van der Waals surface area contributed by atoms with Crippen molar-refractivity contribution in [3.05, 3.63) is 65.0 Å². The Morgan fingerprint density at radius 3 is 2.18 bits per heavy atom. The van der Waals surface area contributed by atoms with Crippen molar-refractivity contribution in [3.8, 4) is 17.2 Å². The molecule has 1 saturated heterocycles. The van der Waals surface area contributed by atoms with Gasteiger partial charge in [-0.25, -0.2) is 0 Å². The number of ether oxygens (including phenoxy) is 1. The minimum atomic E-state index is 0.541. The molecule has 0 aliphatic carbocycles. The zero-order valence-electron chi connectivity index (χ0n) is 15.8. The highest BCUT2D eigenvalue weighted by atomic mass is 35.5. The van der Waals surface area contributed by atoms with Gasteiger partial charge >= 0.3 is 0 Å². The molecule has 4 rings (SSSR count). The van der Waals surface area contributed by atoms with Crippen LogP contribution in [0.2, 0.25) is 5.02 Å². The second-order valence-corrected chi connectivity index (χ2v) is 7.34. The van der Waals surface area contributed by atoms with E-state index in [1.807, 2.05) is 36.4 Å². The van der Waals surface area contributed by atoms with E-state index in [0.717, 1.165) is 49.1 Å². The molecule has 0 spiro atoms. The van der Waals surface area contributed by atoms with Crippen molar-refractivity contribution in [2.75, 3.05) is 33.3 Å². The minimum absolute atomic E-state index is 0.541. The van der Waals surface area contributed by atoms with Crippen LogP contribution in [0.25, 0.3) is 11.5 Å². The number of hydrogen-bond acceptors (Lipinski definition) is 6. The Bertz CT molecular complexity index is 888. The van der Waals surface area contributed by atoms with Crippen LogP contribution in [0, 0.1) is 0 Å². The van der Waals surface area contributed by atoms with Gasteiger partial charge < -0.3 is 9.15 Å². The van der Waals surface area contributed by atoms with E-state index in [1.54, 1.807) is 7.11 Å². The maximum Gasteiger partial charge on any atom is 0.247 e. The Kier molecular flexibility index (Phi) is 5.90. The van der Waals surface area contributed by atoms with Gasteiger partial charge in [-0.1, -0.05) is 23.7 Å². The maximum atomic E-state index is 5.96. The summed E-state index contributed by atoms with van der Waals surface area (Å²) in [6, 6.07) is 15.7. The molecule has 0 atom stereocenters. The lowest BCUT2D eigenvalue weighted by atomic mass is 10.2. The molecule has 3 aromatic rings. The Morgan fingerprint density at radius 2 is 1.54 bits per heavy atom. The fourth-order valence-corrected chi connectivity index (χ4v) is 3.44. The van der Waals surface area contributed by atoms with Crippen LogP contribution in [0.5, 0.6) is 5.75 Å². The molecular formula is C21H23ClN4O2. The normalized spacial score (nSPS) is 15.6. The second-order valence-electron chi connectivity index (χ2n) is 6.91. The fourth-order valence-electron chi connectivity index (χ4n) is 3.31. The van der Waals surface area contributed by atoms with Gasteiger partial charge in [0, 0.05) is 43.3 Å². The summed E-state index contributed by atoms with van der Waals surface area (Å²) in [7, 11) is 1.65. The largest absolute Gasteiger partial charge is 0.497 e. The second kappa shape index (κ2) is 8.73. The topological polar surface area (TPSA) is 54.6 Å². The van der Waals surface area contributed by atoms with Crippen molar-refractivity contribution >= 4 is 11.6 Å². The summed E-state index contributed by atoms with van der Waals surface area (Å²) in [6.07, 6.45) is 0. The SMILES string of the molecule is COc1ccc(-c2nnc(CN3CCN(Cc4ccc(Cl)cc4)CC3)o2)cc1. The van der Waals surface area contributed by atoms with Crippen LogP contribution in [-0.2, 0) is 13.1 Å². The molecular weight excluding hydrogens is 376 g/mol. The van der Waals surface area contributed by atoms with Crippen LogP contribution >= 0.6 is 11.6 Å². The summed E-state index contributed by atoms with van der Waals surface area (Å²) in [5, 5.41) is 9.17. The molecule has 28 heavy (non-hydrogen) atoms. The first-order chi connectivity index (χ1) is 13.7. The molecule has 0 saturated carbocycles. The van der Waals surface area contributed by atoms with Crippen LogP contribution in [0.3, 0.4) is 0 Å². The van der Waals surface area contributed by atoms with Gasteiger partial charge in [-0.3, -0.25) is 9.80 Å². The summed E-state index contributed by atoms with van der Waals surface area (Å²) in [6.45, 7) is 5.62. The molecule has 0 bridgehead atoms. The standard InChI is InChI=1S/C21H23ClN4O2/c1-27-19-8-4-17(5-9-19)21-24-23-20(28-21)15-26-12-10-25(11-13-26)14-16-2-6-18(22)7-3-16/h2-9H,10-15H2,1H3. The van der Waals surface area contributed by atoms with E-state index in [4.69, 9.17) is 20.8 Å². The van der Waals surface area contributed by atoms with Crippen LogP contribution in [0.15, 0.2) is 52.9 Å². The molecule has 0 unspecified atom stereocenters. The molecule has 1 aliphatic heterocycles. The van der Waals surface area contributed by atoms with E-state index < -0.39 is 0 Å². The first-order valence-corrected chi connectivity index (χ1v) is 9.73. The molecule has 146 valence electrons. The maximum absolute atomic E-state index is 5.96. The third-order valence-corrected chi connectivity index (χ3v) is 5.20. The molecule has 6 nitrogen and oxygen atoms in total. The smallest absolute Gasteiger partial charge is 0.247 e.